The van der Waals surface area contributed by atoms with Crippen LogP contribution in [0.3, 0.4) is 0 Å². The molecule has 2 unspecified atom stereocenters. The van der Waals surface area contributed by atoms with Crippen molar-refractivity contribution in [3.8, 4) is 11.1 Å². The maximum atomic E-state index is 13.5. The molecule has 2 atom stereocenters. The molecular weight excluding hydrogens is 510 g/mol. The first-order chi connectivity index (χ1) is 18.9. The molecule has 2 aromatic rings. The van der Waals surface area contributed by atoms with Crippen LogP contribution >= 0.6 is 11.8 Å². The van der Waals surface area contributed by atoms with E-state index < -0.39 is 12.0 Å². The van der Waals surface area contributed by atoms with Crippen molar-refractivity contribution < 1.29 is 19.1 Å². The van der Waals surface area contributed by atoms with Gasteiger partial charge in [-0.15, -0.1) is 0 Å². The maximum Gasteiger partial charge on any atom is 0.328 e. The quantitative estimate of drug-likeness (QED) is 0.341. The van der Waals surface area contributed by atoms with Crippen LogP contribution in [0, 0.1) is 6.92 Å². The van der Waals surface area contributed by atoms with Gasteiger partial charge in [0.1, 0.15) is 6.04 Å². The number of ether oxygens (including phenoxy) is 1. The molecule has 0 aromatic heterocycles. The Bertz CT molecular complexity index is 1120. The average Bonchev–Trinajstić information content (AvgIpc) is 2.97. The molecule has 2 amide bonds. The van der Waals surface area contributed by atoms with Gasteiger partial charge in [-0.05, 0) is 85.4 Å². The number of methoxy groups -OCH3 is 1. The molecule has 3 rings (SSSR count). The van der Waals surface area contributed by atoms with Gasteiger partial charge in [0, 0.05) is 25.2 Å². The van der Waals surface area contributed by atoms with Gasteiger partial charge in [0.15, 0.2) is 0 Å². The molecule has 1 saturated heterocycles. The number of hydrogen-bond acceptors (Lipinski definition) is 6. The number of rotatable bonds is 13. The summed E-state index contributed by atoms with van der Waals surface area (Å²) in [4.78, 5) is 41.0. The summed E-state index contributed by atoms with van der Waals surface area (Å²) in [6.45, 7) is 6.31. The Morgan fingerprint density at radius 3 is 2.41 bits per heavy atom. The summed E-state index contributed by atoms with van der Waals surface area (Å²) in [6.07, 6.45) is 7.49. The number of benzene rings is 2. The summed E-state index contributed by atoms with van der Waals surface area (Å²) in [7, 11) is 1.34. The summed E-state index contributed by atoms with van der Waals surface area (Å²) < 4.78 is 4.93. The SMILES string of the molecule is CCCC(NCc1ccc(C(=O)NC(CCSC)C(=O)OC)c(-c2ccccc2C)c1)C(=O)N1CCCCC1. The smallest absolute Gasteiger partial charge is 0.328 e. The first-order valence-corrected chi connectivity index (χ1v) is 15.4. The zero-order valence-electron chi connectivity index (χ0n) is 23.8. The highest BCUT2D eigenvalue weighted by atomic mass is 32.2. The van der Waals surface area contributed by atoms with Gasteiger partial charge >= 0.3 is 5.97 Å². The van der Waals surface area contributed by atoms with Crippen molar-refractivity contribution in [1.82, 2.24) is 15.5 Å². The number of aryl methyl sites for hydroxylation is 1. The number of piperidine rings is 1. The van der Waals surface area contributed by atoms with Crippen LogP contribution in [0.25, 0.3) is 11.1 Å². The van der Waals surface area contributed by atoms with Gasteiger partial charge in [-0.3, -0.25) is 9.59 Å². The van der Waals surface area contributed by atoms with E-state index in [2.05, 4.69) is 17.6 Å². The molecule has 39 heavy (non-hydrogen) atoms. The molecule has 0 bridgehead atoms. The molecular formula is C31H43N3O4S. The lowest BCUT2D eigenvalue weighted by Gasteiger charge is -2.31. The molecule has 7 nitrogen and oxygen atoms in total. The minimum Gasteiger partial charge on any atom is -0.467 e. The zero-order chi connectivity index (χ0) is 28.2. The van der Waals surface area contributed by atoms with Crippen LogP contribution in [0.5, 0.6) is 0 Å². The van der Waals surface area contributed by atoms with Crippen molar-refractivity contribution in [2.45, 2.75) is 71.0 Å². The van der Waals surface area contributed by atoms with E-state index >= 15 is 0 Å². The fourth-order valence-corrected chi connectivity index (χ4v) is 5.51. The van der Waals surface area contributed by atoms with Crippen LogP contribution in [0.2, 0.25) is 0 Å². The first-order valence-electron chi connectivity index (χ1n) is 14.0. The van der Waals surface area contributed by atoms with Gasteiger partial charge in [-0.1, -0.05) is 43.7 Å². The van der Waals surface area contributed by atoms with Crippen molar-refractivity contribution in [2.24, 2.45) is 0 Å². The van der Waals surface area contributed by atoms with Crippen LogP contribution in [0.4, 0.5) is 0 Å². The monoisotopic (exact) mass is 553 g/mol. The summed E-state index contributed by atoms with van der Waals surface area (Å²) in [6, 6.07) is 12.8. The number of nitrogens with one attached hydrogen (secondary N) is 2. The fraction of sp³-hybridized carbons (Fsp3) is 0.516. The summed E-state index contributed by atoms with van der Waals surface area (Å²) >= 11 is 1.61. The second-order valence-corrected chi connectivity index (χ2v) is 11.1. The van der Waals surface area contributed by atoms with Gasteiger partial charge in [0.25, 0.3) is 5.91 Å². The molecule has 1 heterocycles. The molecule has 0 spiro atoms. The van der Waals surface area contributed by atoms with E-state index in [0.717, 1.165) is 66.8 Å². The van der Waals surface area contributed by atoms with E-state index in [1.54, 1.807) is 11.8 Å². The van der Waals surface area contributed by atoms with Crippen LogP contribution in [-0.4, -0.2) is 67.0 Å². The highest BCUT2D eigenvalue weighted by Crippen LogP contribution is 2.28. The minimum atomic E-state index is -0.711. The molecule has 0 radical (unpaired) electrons. The normalized spacial score (nSPS) is 14.9. The average molecular weight is 554 g/mol. The van der Waals surface area contributed by atoms with E-state index in [9.17, 15) is 14.4 Å². The van der Waals surface area contributed by atoms with Gasteiger partial charge in [0.05, 0.1) is 13.2 Å². The molecule has 1 aliphatic rings. The predicted octanol–water partition coefficient (Wildman–Crippen LogP) is 4.96. The van der Waals surface area contributed by atoms with Crippen molar-refractivity contribution in [3.05, 3.63) is 59.2 Å². The van der Waals surface area contributed by atoms with Crippen LogP contribution in [-0.2, 0) is 20.9 Å². The van der Waals surface area contributed by atoms with E-state index in [4.69, 9.17) is 4.74 Å². The van der Waals surface area contributed by atoms with Crippen LogP contribution in [0.15, 0.2) is 42.5 Å². The maximum absolute atomic E-state index is 13.5. The van der Waals surface area contributed by atoms with Crippen LogP contribution in [0.1, 0.15) is 66.9 Å². The van der Waals surface area contributed by atoms with E-state index in [-0.39, 0.29) is 17.9 Å². The Morgan fingerprint density at radius 1 is 1.00 bits per heavy atom. The number of thioether (sulfide) groups is 1. The number of hydrogen-bond donors (Lipinski definition) is 2. The largest absolute Gasteiger partial charge is 0.467 e. The number of amides is 2. The highest BCUT2D eigenvalue weighted by molar-refractivity contribution is 7.98. The Balaban J connectivity index is 1.86. The van der Waals surface area contributed by atoms with E-state index in [1.807, 2.05) is 60.5 Å². The standard InChI is InChI=1S/C31H43N3O4S/c1-5-11-27(30(36)34-17-9-6-10-18-34)32-21-23-14-15-25(26(20-23)24-13-8-7-12-22(24)2)29(35)33-28(16-19-39-4)31(37)38-3/h7-8,12-15,20,27-28,32H,5-6,9-11,16-19,21H2,1-4H3,(H,33,35). The van der Waals surface area contributed by atoms with E-state index in [1.165, 1.54) is 13.5 Å². The molecule has 2 aromatic carbocycles. The first kappa shape index (κ1) is 30.7. The Labute approximate surface area is 237 Å². The third kappa shape index (κ3) is 8.57. The van der Waals surface area contributed by atoms with Crippen molar-refractivity contribution in [2.75, 3.05) is 32.2 Å². The third-order valence-electron chi connectivity index (χ3n) is 7.26. The summed E-state index contributed by atoms with van der Waals surface area (Å²) in [5, 5.41) is 6.39. The second kappa shape index (κ2) is 15.7. The van der Waals surface area contributed by atoms with Crippen LogP contribution < -0.4 is 10.6 Å². The Morgan fingerprint density at radius 2 is 1.74 bits per heavy atom. The molecule has 8 heteroatoms. The molecule has 0 saturated carbocycles. The zero-order valence-corrected chi connectivity index (χ0v) is 24.6. The number of carbonyl (C=O) groups excluding carboxylic acids is 3. The number of esters is 1. The van der Waals surface area contributed by atoms with Gasteiger partial charge in [-0.25, -0.2) is 4.79 Å². The predicted molar refractivity (Wildman–Crippen MR) is 159 cm³/mol. The summed E-state index contributed by atoms with van der Waals surface area (Å²) in [5.74, 6) is 0.153. The van der Waals surface area contributed by atoms with Crippen molar-refractivity contribution >= 4 is 29.5 Å². The van der Waals surface area contributed by atoms with Crippen molar-refractivity contribution in [3.63, 3.8) is 0 Å². The minimum absolute atomic E-state index is 0.186. The van der Waals surface area contributed by atoms with Gasteiger partial charge < -0.3 is 20.3 Å². The molecule has 0 aliphatic carbocycles. The lowest BCUT2D eigenvalue weighted by molar-refractivity contribution is -0.143. The van der Waals surface area contributed by atoms with Crippen molar-refractivity contribution in [1.29, 1.82) is 0 Å². The molecule has 2 N–H and O–H groups in total. The number of carbonyl (C=O) groups is 3. The topological polar surface area (TPSA) is 87.7 Å². The molecule has 1 aliphatic heterocycles. The summed E-state index contributed by atoms with van der Waals surface area (Å²) in [5.41, 5.74) is 4.29. The molecule has 1 fully saturated rings. The highest BCUT2D eigenvalue weighted by Gasteiger charge is 2.26. The second-order valence-electron chi connectivity index (χ2n) is 10.1. The van der Waals surface area contributed by atoms with E-state index in [0.29, 0.717) is 18.5 Å². The third-order valence-corrected chi connectivity index (χ3v) is 7.91. The Hall–Kier alpha value is -2.84. The fourth-order valence-electron chi connectivity index (χ4n) is 5.04. The number of likely N-dealkylation sites (tertiary alicyclic amines) is 1. The van der Waals surface area contributed by atoms with Gasteiger partial charge in [-0.2, -0.15) is 11.8 Å². The Kier molecular flexibility index (Phi) is 12.3. The molecule has 212 valence electrons. The lowest BCUT2D eigenvalue weighted by atomic mass is 9.93. The lowest BCUT2D eigenvalue weighted by Crippen LogP contribution is -2.48. The van der Waals surface area contributed by atoms with Gasteiger partial charge in [0.2, 0.25) is 5.91 Å². The number of nitrogens with zero attached hydrogens (tertiary/aromatic N) is 1.